The summed E-state index contributed by atoms with van der Waals surface area (Å²) in [5.74, 6) is 0. The van der Waals surface area contributed by atoms with E-state index in [-0.39, 0.29) is 0 Å². The van der Waals surface area contributed by atoms with Crippen molar-refractivity contribution >= 4 is 23.1 Å². The molecule has 0 saturated carbocycles. The van der Waals surface area contributed by atoms with Crippen molar-refractivity contribution in [2.24, 2.45) is 0 Å². The molecule has 3 rings (SSSR count). The number of aromatic amines is 1. The van der Waals surface area contributed by atoms with Gasteiger partial charge in [-0.1, -0.05) is 48.6 Å². The van der Waals surface area contributed by atoms with Gasteiger partial charge in [-0.2, -0.15) is 0 Å². The van der Waals surface area contributed by atoms with Gasteiger partial charge in [-0.15, -0.1) is 0 Å². The fourth-order valence-electron chi connectivity index (χ4n) is 1.93. The fourth-order valence-corrected chi connectivity index (χ4v) is 1.93. The van der Waals surface area contributed by atoms with Gasteiger partial charge in [-0.25, -0.2) is 0 Å². The van der Waals surface area contributed by atoms with Crippen LogP contribution in [0.3, 0.4) is 0 Å². The van der Waals surface area contributed by atoms with Gasteiger partial charge in [0.15, 0.2) is 0 Å². The molecular weight excluding hydrogens is 182 g/mol. The van der Waals surface area contributed by atoms with Gasteiger partial charge >= 0.3 is 0 Å². The van der Waals surface area contributed by atoms with Crippen molar-refractivity contribution in [1.82, 2.24) is 4.98 Å². The van der Waals surface area contributed by atoms with E-state index in [4.69, 9.17) is 0 Å². The lowest BCUT2D eigenvalue weighted by atomic mass is 10.1. The van der Waals surface area contributed by atoms with E-state index >= 15 is 0 Å². The maximum Gasteiger partial charge on any atom is 0.0464 e. The van der Waals surface area contributed by atoms with Crippen LogP contribution in [0.5, 0.6) is 0 Å². The van der Waals surface area contributed by atoms with Crippen molar-refractivity contribution in [2.75, 3.05) is 0 Å². The highest BCUT2D eigenvalue weighted by molar-refractivity contribution is 5.93. The SMILES string of the molecule is C1=C/C=C\c2c([nH]c3ccccc23)C=C1. The zero-order chi connectivity index (χ0) is 10.1. The molecule has 1 N–H and O–H groups in total. The Morgan fingerprint density at radius 2 is 1.60 bits per heavy atom. The Kier molecular flexibility index (Phi) is 1.82. The summed E-state index contributed by atoms with van der Waals surface area (Å²) in [4.78, 5) is 3.41. The van der Waals surface area contributed by atoms with Gasteiger partial charge in [0.2, 0.25) is 0 Å². The maximum atomic E-state index is 3.41. The second-order valence-corrected chi connectivity index (χ2v) is 3.60. The third-order valence-corrected chi connectivity index (χ3v) is 2.64. The fraction of sp³-hybridized carbons (Fsp3) is 0. The second-order valence-electron chi connectivity index (χ2n) is 3.60. The number of allylic oxidation sites excluding steroid dienone is 4. The molecule has 72 valence electrons. The molecule has 1 aromatic carbocycles. The Balaban J connectivity index is 2.36. The molecule has 0 atom stereocenters. The van der Waals surface area contributed by atoms with E-state index in [0.717, 1.165) is 0 Å². The Bertz CT molecular complexity index is 582. The summed E-state index contributed by atoms with van der Waals surface area (Å²) in [6.07, 6.45) is 12.5. The monoisotopic (exact) mass is 193 g/mol. The van der Waals surface area contributed by atoms with Crippen LogP contribution in [-0.2, 0) is 0 Å². The number of H-pyrrole nitrogens is 1. The molecule has 0 aliphatic heterocycles. The highest BCUT2D eigenvalue weighted by Crippen LogP contribution is 2.25. The van der Waals surface area contributed by atoms with Gasteiger partial charge in [-0.05, 0) is 12.1 Å². The average molecular weight is 193 g/mol. The highest BCUT2D eigenvalue weighted by Gasteiger charge is 2.05. The molecule has 0 spiro atoms. The summed E-state index contributed by atoms with van der Waals surface area (Å²) in [5.41, 5.74) is 3.64. The lowest BCUT2D eigenvalue weighted by Gasteiger charge is -1.94. The van der Waals surface area contributed by atoms with E-state index in [1.54, 1.807) is 0 Å². The minimum Gasteiger partial charge on any atom is -0.355 e. The number of benzene rings is 1. The van der Waals surface area contributed by atoms with E-state index in [9.17, 15) is 0 Å². The Hall–Kier alpha value is -2.02. The number of para-hydroxylation sites is 1. The molecule has 0 unspecified atom stereocenters. The van der Waals surface area contributed by atoms with Crippen LogP contribution >= 0.6 is 0 Å². The van der Waals surface area contributed by atoms with Gasteiger partial charge in [-0.3, -0.25) is 0 Å². The van der Waals surface area contributed by atoms with Gasteiger partial charge in [0.25, 0.3) is 0 Å². The first-order chi connectivity index (χ1) is 7.45. The maximum absolute atomic E-state index is 3.41. The summed E-state index contributed by atoms with van der Waals surface area (Å²) in [5, 5.41) is 1.28. The molecule has 1 heteroatoms. The topological polar surface area (TPSA) is 15.8 Å². The number of fused-ring (bicyclic) bond motifs is 3. The number of hydrogen-bond donors (Lipinski definition) is 1. The highest BCUT2D eigenvalue weighted by atomic mass is 14.7. The summed E-state index contributed by atoms with van der Waals surface area (Å²) < 4.78 is 0. The Morgan fingerprint density at radius 1 is 0.800 bits per heavy atom. The summed E-state index contributed by atoms with van der Waals surface area (Å²) >= 11 is 0. The zero-order valence-electron chi connectivity index (χ0n) is 8.27. The lowest BCUT2D eigenvalue weighted by molar-refractivity contribution is 1.42. The van der Waals surface area contributed by atoms with Crippen molar-refractivity contribution in [1.29, 1.82) is 0 Å². The summed E-state index contributed by atoms with van der Waals surface area (Å²) in [6.45, 7) is 0. The van der Waals surface area contributed by atoms with Crippen molar-refractivity contribution in [2.45, 2.75) is 0 Å². The standard InChI is InChI=1S/C14H11N/c1-2-4-9-13-11(7-3-1)12-8-5-6-10-14(12)15-13/h1-10,15H/b2-1?,3-1?,4-2?,7-3-,9-4?,11-7?,13-9?. The number of aromatic nitrogens is 1. The van der Waals surface area contributed by atoms with Crippen LogP contribution in [0, 0.1) is 0 Å². The molecule has 2 aromatic rings. The summed E-state index contributed by atoms with van der Waals surface area (Å²) in [7, 11) is 0. The van der Waals surface area contributed by atoms with Crippen LogP contribution in [0.1, 0.15) is 11.3 Å². The largest absolute Gasteiger partial charge is 0.355 e. The molecule has 0 fully saturated rings. The normalized spacial score (nSPS) is 16.0. The molecule has 1 aromatic heterocycles. The minimum absolute atomic E-state index is 1.18. The van der Waals surface area contributed by atoms with Crippen LogP contribution in [-0.4, -0.2) is 4.98 Å². The molecule has 1 aliphatic rings. The van der Waals surface area contributed by atoms with E-state index in [0.29, 0.717) is 0 Å². The number of hydrogen-bond acceptors (Lipinski definition) is 0. The Morgan fingerprint density at radius 3 is 2.53 bits per heavy atom. The smallest absolute Gasteiger partial charge is 0.0464 e. The van der Waals surface area contributed by atoms with Crippen molar-refractivity contribution in [3.05, 3.63) is 59.8 Å². The van der Waals surface area contributed by atoms with E-state index in [2.05, 4.69) is 53.6 Å². The Labute approximate surface area is 88.4 Å². The third-order valence-electron chi connectivity index (χ3n) is 2.64. The van der Waals surface area contributed by atoms with Crippen LogP contribution in [0.2, 0.25) is 0 Å². The quantitative estimate of drug-likeness (QED) is 0.655. The van der Waals surface area contributed by atoms with Crippen LogP contribution in [0.15, 0.2) is 48.6 Å². The first kappa shape index (κ1) is 8.30. The number of nitrogens with one attached hydrogen (secondary N) is 1. The van der Waals surface area contributed by atoms with Crippen molar-refractivity contribution in [3.8, 4) is 0 Å². The molecule has 1 nitrogen and oxygen atoms in total. The zero-order valence-corrected chi connectivity index (χ0v) is 8.27. The van der Waals surface area contributed by atoms with Crippen molar-refractivity contribution < 1.29 is 0 Å². The van der Waals surface area contributed by atoms with Gasteiger partial charge in [0.05, 0.1) is 0 Å². The molecule has 0 radical (unpaired) electrons. The van der Waals surface area contributed by atoms with E-state index in [1.807, 2.05) is 12.2 Å². The van der Waals surface area contributed by atoms with Gasteiger partial charge in [0.1, 0.15) is 0 Å². The van der Waals surface area contributed by atoms with Gasteiger partial charge < -0.3 is 4.98 Å². The minimum atomic E-state index is 1.18. The molecular formula is C14H11N. The third kappa shape index (κ3) is 1.33. The van der Waals surface area contributed by atoms with Crippen molar-refractivity contribution in [3.63, 3.8) is 0 Å². The average Bonchev–Trinajstić information content (AvgIpc) is 2.55. The van der Waals surface area contributed by atoms with E-state index in [1.165, 1.54) is 22.2 Å². The van der Waals surface area contributed by atoms with Crippen LogP contribution in [0.4, 0.5) is 0 Å². The molecule has 1 aliphatic carbocycles. The number of rotatable bonds is 0. The molecule has 0 amide bonds. The molecule has 0 bridgehead atoms. The van der Waals surface area contributed by atoms with E-state index < -0.39 is 0 Å². The van der Waals surface area contributed by atoms with Crippen LogP contribution < -0.4 is 0 Å². The van der Waals surface area contributed by atoms with Crippen LogP contribution in [0.25, 0.3) is 23.1 Å². The first-order valence-corrected chi connectivity index (χ1v) is 5.07. The molecule has 1 heterocycles. The molecule has 15 heavy (non-hydrogen) atoms. The predicted molar refractivity (Wildman–Crippen MR) is 65.5 cm³/mol. The first-order valence-electron chi connectivity index (χ1n) is 5.07. The second kappa shape index (κ2) is 3.28. The summed E-state index contributed by atoms with van der Waals surface area (Å²) in [6, 6.07) is 8.38. The molecule has 0 saturated heterocycles. The predicted octanol–water partition coefficient (Wildman–Crippen LogP) is 3.76. The lowest BCUT2D eigenvalue weighted by Crippen LogP contribution is -1.76. The van der Waals surface area contributed by atoms with Gasteiger partial charge in [0, 0.05) is 22.2 Å².